The molecule has 0 radical (unpaired) electrons. The number of nitrogens with one attached hydrogen (secondary N) is 1. The SMILES string of the molecule is O=C(O)NC12CCCC(CO)(CC1)C2. The highest BCUT2D eigenvalue weighted by molar-refractivity contribution is 5.65. The highest BCUT2D eigenvalue weighted by atomic mass is 16.4. The number of carbonyl (C=O) groups is 1. The number of hydrogen-bond acceptors (Lipinski definition) is 2. The molecule has 1 amide bonds. The summed E-state index contributed by atoms with van der Waals surface area (Å²) in [7, 11) is 0. The zero-order valence-corrected chi connectivity index (χ0v) is 8.25. The summed E-state index contributed by atoms with van der Waals surface area (Å²) >= 11 is 0. The summed E-state index contributed by atoms with van der Waals surface area (Å²) in [5.74, 6) is 0. The molecule has 2 saturated carbocycles. The second-order valence-corrected chi connectivity index (χ2v) is 4.90. The Morgan fingerprint density at radius 1 is 1.29 bits per heavy atom. The van der Waals surface area contributed by atoms with Crippen LogP contribution in [0.4, 0.5) is 4.79 Å². The molecule has 0 aromatic rings. The van der Waals surface area contributed by atoms with Crippen molar-refractivity contribution >= 4 is 6.09 Å². The van der Waals surface area contributed by atoms with Crippen LogP contribution in [0.5, 0.6) is 0 Å². The van der Waals surface area contributed by atoms with Crippen LogP contribution in [0, 0.1) is 5.41 Å². The normalized spacial score (nSPS) is 40.9. The molecule has 2 aliphatic rings. The molecule has 2 rings (SSSR count). The molecule has 2 aliphatic carbocycles. The second-order valence-electron chi connectivity index (χ2n) is 4.90. The van der Waals surface area contributed by atoms with E-state index in [-0.39, 0.29) is 17.6 Å². The van der Waals surface area contributed by atoms with Crippen LogP contribution >= 0.6 is 0 Å². The molecule has 3 N–H and O–H groups in total. The summed E-state index contributed by atoms with van der Waals surface area (Å²) in [4.78, 5) is 10.7. The van der Waals surface area contributed by atoms with Crippen LogP contribution in [0.15, 0.2) is 0 Å². The van der Waals surface area contributed by atoms with Crippen molar-refractivity contribution in [1.29, 1.82) is 0 Å². The Morgan fingerprint density at radius 3 is 2.71 bits per heavy atom. The Labute approximate surface area is 83.3 Å². The molecule has 2 unspecified atom stereocenters. The Hall–Kier alpha value is -0.770. The summed E-state index contributed by atoms with van der Waals surface area (Å²) in [5, 5.41) is 20.8. The molecule has 2 bridgehead atoms. The van der Waals surface area contributed by atoms with E-state index in [4.69, 9.17) is 5.11 Å². The van der Waals surface area contributed by atoms with Gasteiger partial charge in [-0.05, 0) is 37.5 Å². The second kappa shape index (κ2) is 3.12. The van der Waals surface area contributed by atoms with E-state index < -0.39 is 6.09 Å². The lowest BCUT2D eigenvalue weighted by molar-refractivity contribution is 0.0819. The Bertz CT molecular complexity index is 256. The highest BCUT2D eigenvalue weighted by Crippen LogP contribution is 2.53. The van der Waals surface area contributed by atoms with Gasteiger partial charge in [-0.15, -0.1) is 0 Å². The largest absolute Gasteiger partial charge is 0.465 e. The standard InChI is InChI=1S/C10H17NO3/c12-7-9-2-1-3-10(6-9,5-4-9)11-8(13)14/h11-12H,1-7H2,(H,13,14). The van der Waals surface area contributed by atoms with Crippen LogP contribution in [-0.4, -0.2) is 28.5 Å². The monoisotopic (exact) mass is 199 g/mol. The van der Waals surface area contributed by atoms with Crippen molar-refractivity contribution in [3.8, 4) is 0 Å². The fourth-order valence-electron chi connectivity index (χ4n) is 3.24. The van der Waals surface area contributed by atoms with Crippen molar-refractivity contribution in [2.45, 2.75) is 44.1 Å². The molecule has 0 aromatic carbocycles. The van der Waals surface area contributed by atoms with Gasteiger partial charge in [0.05, 0.1) is 0 Å². The minimum atomic E-state index is -0.930. The van der Waals surface area contributed by atoms with Crippen molar-refractivity contribution in [2.75, 3.05) is 6.61 Å². The topological polar surface area (TPSA) is 69.6 Å². The quantitative estimate of drug-likeness (QED) is 0.628. The van der Waals surface area contributed by atoms with Crippen LogP contribution < -0.4 is 5.32 Å². The van der Waals surface area contributed by atoms with E-state index in [1.807, 2.05) is 0 Å². The summed E-state index contributed by atoms with van der Waals surface area (Å²) in [5.41, 5.74) is -0.215. The van der Waals surface area contributed by atoms with Gasteiger partial charge in [0, 0.05) is 12.1 Å². The minimum absolute atomic E-state index is 0.0146. The van der Waals surface area contributed by atoms with Gasteiger partial charge in [-0.25, -0.2) is 4.79 Å². The molecule has 0 aliphatic heterocycles. The highest BCUT2D eigenvalue weighted by Gasteiger charge is 2.51. The summed E-state index contributed by atoms with van der Waals surface area (Å²) in [6, 6.07) is 0. The zero-order chi connectivity index (χ0) is 10.2. The molecule has 4 nitrogen and oxygen atoms in total. The molecule has 0 saturated heterocycles. The van der Waals surface area contributed by atoms with Gasteiger partial charge in [0.2, 0.25) is 0 Å². The van der Waals surface area contributed by atoms with E-state index in [0.717, 1.165) is 38.5 Å². The molecular weight excluding hydrogens is 182 g/mol. The molecule has 2 atom stereocenters. The first-order valence-corrected chi connectivity index (χ1v) is 5.22. The fraction of sp³-hybridized carbons (Fsp3) is 0.900. The van der Waals surface area contributed by atoms with Gasteiger partial charge in [0.15, 0.2) is 0 Å². The first-order valence-electron chi connectivity index (χ1n) is 5.22. The van der Waals surface area contributed by atoms with Crippen molar-refractivity contribution < 1.29 is 15.0 Å². The molecule has 4 heteroatoms. The average Bonchev–Trinajstić information content (AvgIpc) is 2.38. The number of aliphatic hydroxyl groups is 1. The molecular formula is C10H17NO3. The molecule has 14 heavy (non-hydrogen) atoms. The summed E-state index contributed by atoms with van der Waals surface area (Å²) in [6.45, 7) is 0.204. The molecule has 0 spiro atoms. The number of fused-ring (bicyclic) bond motifs is 2. The summed E-state index contributed by atoms with van der Waals surface area (Å²) in [6.07, 6.45) is 4.75. The Kier molecular flexibility index (Phi) is 2.18. The van der Waals surface area contributed by atoms with E-state index in [2.05, 4.69) is 5.32 Å². The lowest BCUT2D eigenvalue weighted by atomic mass is 9.73. The van der Waals surface area contributed by atoms with E-state index >= 15 is 0 Å². The molecule has 0 aromatic heterocycles. The number of aliphatic hydroxyl groups excluding tert-OH is 1. The van der Waals surface area contributed by atoms with Gasteiger partial charge < -0.3 is 15.5 Å². The smallest absolute Gasteiger partial charge is 0.405 e. The van der Waals surface area contributed by atoms with Crippen LogP contribution in [-0.2, 0) is 0 Å². The number of rotatable bonds is 2. The number of carboxylic acid groups (broad SMARTS) is 1. The van der Waals surface area contributed by atoms with E-state index in [0.29, 0.717) is 0 Å². The maximum Gasteiger partial charge on any atom is 0.405 e. The third-order valence-corrected chi connectivity index (χ3v) is 3.92. The van der Waals surface area contributed by atoms with Crippen molar-refractivity contribution in [3.05, 3.63) is 0 Å². The predicted molar refractivity (Wildman–Crippen MR) is 51.1 cm³/mol. The number of amides is 1. The van der Waals surface area contributed by atoms with Gasteiger partial charge in [-0.3, -0.25) is 0 Å². The van der Waals surface area contributed by atoms with Crippen LogP contribution in [0.25, 0.3) is 0 Å². The predicted octanol–water partition coefficient (Wildman–Crippen LogP) is 1.34. The van der Waals surface area contributed by atoms with E-state index in [9.17, 15) is 9.90 Å². The first kappa shape index (κ1) is 9.77. The van der Waals surface area contributed by atoms with Gasteiger partial charge >= 0.3 is 6.09 Å². The average molecular weight is 199 g/mol. The van der Waals surface area contributed by atoms with Crippen LogP contribution in [0.1, 0.15) is 38.5 Å². The third kappa shape index (κ3) is 1.47. The summed E-state index contributed by atoms with van der Waals surface area (Å²) < 4.78 is 0. The van der Waals surface area contributed by atoms with Crippen molar-refractivity contribution in [2.24, 2.45) is 5.41 Å². The van der Waals surface area contributed by atoms with Crippen LogP contribution in [0.3, 0.4) is 0 Å². The lowest BCUT2D eigenvalue weighted by Gasteiger charge is -2.38. The maximum absolute atomic E-state index is 10.7. The van der Waals surface area contributed by atoms with Gasteiger partial charge in [0.25, 0.3) is 0 Å². The maximum atomic E-state index is 10.7. The van der Waals surface area contributed by atoms with E-state index in [1.54, 1.807) is 0 Å². The van der Waals surface area contributed by atoms with Crippen molar-refractivity contribution in [1.82, 2.24) is 5.32 Å². The Balaban J connectivity index is 2.12. The molecule has 0 heterocycles. The van der Waals surface area contributed by atoms with Gasteiger partial charge in [-0.1, -0.05) is 6.42 Å². The number of hydrogen-bond donors (Lipinski definition) is 3. The minimum Gasteiger partial charge on any atom is -0.465 e. The Morgan fingerprint density at radius 2 is 2.07 bits per heavy atom. The van der Waals surface area contributed by atoms with Crippen LogP contribution in [0.2, 0.25) is 0 Å². The first-order chi connectivity index (χ1) is 6.60. The van der Waals surface area contributed by atoms with Gasteiger partial charge in [0.1, 0.15) is 0 Å². The third-order valence-electron chi connectivity index (χ3n) is 3.92. The lowest BCUT2D eigenvalue weighted by Crippen LogP contribution is -2.48. The van der Waals surface area contributed by atoms with Crippen molar-refractivity contribution in [3.63, 3.8) is 0 Å². The molecule has 2 fully saturated rings. The fourth-order valence-corrected chi connectivity index (χ4v) is 3.24. The molecule has 80 valence electrons. The van der Waals surface area contributed by atoms with E-state index in [1.165, 1.54) is 0 Å². The van der Waals surface area contributed by atoms with Gasteiger partial charge in [-0.2, -0.15) is 0 Å². The zero-order valence-electron chi connectivity index (χ0n) is 8.25.